The normalized spacial score (nSPS) is 13.2. The van der Waals surface area contributed by atoms with Crippen LogP contribution < -0.4 is 5.32 Å². The number of benzene rings is 1. The number of rotatable bonds is 4. The average Bonchev–Trinajstić information content (AvgIpc) is 2.66. The highest BCUT2D eigenvalue weighted by Gasteiger charge is 2.15. The molecule has 1 aromatic carbocycles. The molecule has 0 aliphatic carbocycles. The van der Waals surface area contributed by atoms with Crippen molar-refractivity contribution < 1.29 is 4.39 Å². The first-order chi connectivity index (χ1) is 8.15. The largest absolute Gasteiger partial charge is 0.330 e. The first-order valence-corrected chi connectivity index (χ1v) is 5.99. The Morgan fingerprint density at radius 2 is 2.24 bits per heavy atom. The Bertz CT molecular complexity index is 519. The summed E-state index contributed by atoms with van der Waals surface area (Å²) in [7, 11) is 1.92. The zero-order chi connectivity index (χ0) is 12.4. The first kappa shape index (κ1) is 12.0. The third kappa shape index (κ3) is 2.17. The second-order valence-electron chi connectivity index (χ2n) is 4.31. The third-order valence-electron chi connectivity index (χ3n) is 2.98. The van der Waals surface area contributed by atoms with Crippen molar-refractivity contribution in [2.24, 2.45) is 7.05 Å². The van der Waals surface area contributed by atoms with E-state index in [0.717, 1.165) is 24.3 Å². The van der Waals surface area contributed by atoms with E-state index in [-0.39, 0.29) is 11.9 Å². The van der Waals surface area contributed by atoms with E-state index < -0.39 is 0 Å². The van der Waals surface area contributed by atoms with Crippen molar-refractivity contribution in [1.29, 1.82) is 0 Å². The Hall–Kier alpha value is -1.42. The van der Waals surface area contributed by atoms with E-state index in [1.165, 1.54) is 6.07 Å². The molecule has 1 aromatic heterocycles. The van der Waals surface area contributed by atoms with Gasteiger partial charge in [0.05, 0.1) is 11.6 Å². The average molecular weight is 235 g/mol. The van der Waals surface area contributed by atoms with Crippen LogP contribution in [0.5, 0.6) is 0 Å². The number of aryl methyl sites for hydroxylation is 1. The maximum absolute atomic E-state index is 13.6. The van der Waals surface area contributed by atoms with Crippen molar-refractivity contribution in [2.45, 2.75) is 26.3 Å². The molecule has 0 aliphatic rings. The van der Waals surface area contributed by atoms with Gasteiger partial charge >= 0.3 is 0 Å². The zero-order valence-corrected chi connectivity index (χ0v) is 10.5. The van der Waals surface area contributed by atoms with Gasteiger partial charge in [-0.1, -0.05) is 13.0 Å². The van der Waals surface area contributed by atoms with Gasteiger partial charge in [0.15, 0.2) is 5.82 Å². The van der Waals surface area contributed by atoms with Crippen LogP contribution in [0.2, 0.25) is 0 Å². The summed E-state index contributed by atoms with van der Waals surface area (Å²) in [4.78, 5) is 4.39. The van der Waals surface area contributed by atoms with Crippen LogP contribution in [0.4, 0.5) is 4.39 Å². The van der Waals surface area contributed by atoms with Crippen LogP contribution in [0.3, 0.4) is 0 Å². The van der Waals surface area contributed by atoms with Crippen molar-refractivity contribution in [3.63, 3.8) is 0 Å². The van der Waals surface area contributed by atoms with Crippen LogP contribution in [0.15, 0.2) is 18.2 Å². The molecule has 0 fully saturated rings. The Kier molecular flexibility index (Phi) is 3.43. The molecule has 1 atom stereocenters. The molecule has 17 heavy (non-hydrogen) atoms. The lowest BCUT2D eigenvalue weighted by molar-refractivity contribution is 0.531. The fourth-order valence-electron chi connectivity index (χ4n) is 2.04. The van der Waals surface area contributed by atoms with Crippen LogP contribution in [0.25, 0.3) is 11.0 Å². The lowest BCUT2D eigenvalue weighted by Gasteiger charge is -2.12. The third-order valence-corrected chi connectivity index (χ3v) is 2.98. The summed E-state index contributed by atoms with van der Waals surface area (Å²) < 4.78 is 15.5. The second-order valence-corrected chi connectivity index (χ2v) is 4.31. The second kappa shape index (κ2) is 4.84. The van der Waals surface area contributed by atoms with Gasteiger partial charge < -0.3 is 9.88 Å². The molecular weight excluding hydrogens is 217 g/mol. The van der Waals surface area contributed by atoms with Gasteiger partial charge in [-0.25, -0.2) is 9.37 Å². The molecule has 4 heteroatoms. The van der Waals surface area contributed by atoms with Crippen molar-refractivity contribution in [2.75, 3.05) is 6.54 Å². The lowest BCUT2D eigenvalue weighted by atomic mass is 10.3. The summed E-state index contributed by atoms with van der Waals surface area (Å²) in [5.41, 5.74) is 1.29. The zero-order valence-electron chi connectivity index (χ0n) is 10.5. The van der Waals surface area contributed by atoms with Crippen LogP contribution in [-0.2, 0) is 7.05 Å². The van der Waals surface area contributed by atoms with Gasteiger partial charge in [0.2, 0.25) is 0 Å². The fraction of sp³-hybridized carbons (Fsp3) is 0.462. The predicted octanol–water partition coefficient (Wildman–Crippen LogP) is 2.77. The number of para-hydroxylation sites is 1. The van der Waals surface area contributed by atoms with E-state index >= 15 is 0 Å². The fourth-order valence-corrected chi connectivity index (χ4v) is 2.04. The first-order valence-electron chi connectivity index (χ1n) is 5.99. The minimum Gasteiger partial charge on any atom is -0.330 e. The minimum atomic E-state index is -0.257. The van der Waals surface area contributed by atoms with Gasteiger partial charge in [0.1, 0.15) is 11.3 Å². The highest BCUT2D eigenvalue weighted by Crippen LogP contribution is 2.21. The number of nitrogens with zero attached hydrogens (tertiary/aromatic N) is 2. The van der Waals surface area contributed by atoms with E-state index in [4.69, 9.17) is 0 Å². The molecule has 0 radical (unpaired) electrons. The van der Waals surface area contributed by atoms with Crippen LogP contribution in [0, 0.1) is 5.82 Å². The maximum atomic E-state index is 13.6. The maximum Gasteiger partial charge on any atom is 0.151 e. The van der Waals surface area contributed by atoms with Crippen LogP contribution in [0.1, 0.15) is 32.1 Å². The summed E-state index contributed by atoms with van der Waals surface area (Å²) in [5.74, 6) is 0.616. The number of nitrogens with one attached hydrogen (secondary N) is 1. The summed E-state index contributed by atoms with van der Waals surface area (Å²) in [5, 5.41) is 3.36. The smallest absolute Gasteiger partial charge is 0.151 e. The molecule has 1 N–H and O–H groups in total. The number of hydrogen-bond acceptors (Lipinski definition) is 2. The molecule has 0 saturated carbocycles. The molecule has 0 bridgehead atoms. The molecule has 0 spiro atoms. The van der Waals surface area contributed by atoms with E-state index in [9.17, 15) is 4.39 Å². The Morgan fingerprint density at radius 3 is 2.88 bits per heavy atom. The molecule has 92 valence electrons. The summed E-state index contributed by atoms with van der Waals surface area (Å²) in [6.07, 6.45) is 1.07. The quantitative estimate of drug-likeness (QED) is 0.883. The number of aromatic nitrogens is 2. The summed E-state index contributed by atoms with van der Waals surface area (Å²) in [6, 6.07) is 5.18. The Balaban J connectivity index is 2.41. The van der Waals surface area contributed by atoms with Gasteiger partial charge in [0, 0.05) is 7.05 Å². The molecule has 1 heterocycles. The van der Waals surface area contributed by atoms with Crippen molar-refractivity contribution >= 4 is 11.0 Å². The van der Waals surface area contributed by atoms with Crippen LogP contribution >= 0.6 is 0 Å². The highest BCUT2D eigenvalue weighted by molar-refractivity contribution is 5.76. The van der Waals surface area contributed by atoms with Crippen molar-refractivity contribution in [3.8, 4) is 0 Å². The monoisotopic (exact) mass is 235 g/mol. The summed E-state index contributed by atoms with van der Waals surface area (Å²) >= 11 is 0. The highest BCUT2D eigenvalue weighted by atomic mass is 19.1. The molecule has 2 aromatic rings. The van der Waals surface area contributed by atoms with Crippen LogP contribution in [-0.4, -0.2) is 16.1 Å². The molecule has 0 saturated heterocycles. The Morgan fingerprint density at radius 1 is 1.47 bits per heavy atom. The number of hydrogen-bond donors (Lipinski definition) is 1. The van der Waals surface area contributed by atoms with E-state index in [2.05, 4.69) is 24.1 Å². The van der Waals surface area contributed by atoms with Crippen molar-refractivity contribution in [1.82, 2.24) is 14.9 Å². The van der Waals surface area contributed by atoms with E-state index in [1.54, 1.807) is 6.07 Å². The topological polar surface area (TPSA) is 29.9 Å². The number of halogens is 1. The van der Waals surface area contributed by atoms with E-state index in [1.807, 2.05) is 17.7 Å². The number of fused-ring (bicyclic) bond motifs is 1. The van der Waals surface area contributed by atoms with Gasteiger partial charge in [-0.3, -0.25) is 0 Å². The van der Waals surface area contributed by atoms with Gasteiger partial charge in [-0.2, -0.15) is 0 Å². The molecule has 0 amide bonds. The standard InChI is InChI=1S/C13H18FN3/c1-4-8-15-9(2)13-16-12-10(14)6-5-7-11(12)17(13)3/h5-7,9,15H,4,8H2,1-3H3. The van der Waals surface area contributed by atoms with Gasteiger partial charge in [-0.15, -0.1) is 0 Å². The van der Waals surface area contributed by atoms with E-state index in [0.29, 0.717) is 5.52 Å². The van der Waals surface area contributed by atoms with Crippen molar-refractivity contribution in [3.05, 3.63) is 29.8 Å². The SMILES string of the molecule is CCCNC(C)c1nc2c(F)cccc2n1C. The molecule has 1 unspecified atom stereocenters. The molecular formula is C13H18FN3. The molecule has 3 nitrogen and oxygen atoms in total. The predicted molar refractivity (Wildman–Crippen MR) is 67.4 cm³/mol. The lowest BCUT2D eigenvalue weighted by Crippen LogP contribution is -2.22. The molecule has 0 aliphatic heterocycles. The summed E-state index contributed by atoms with van der Waals surface area (Å²) in [6.45, 7) is 5.11. The van der Waals surface area contributed by atoms with Gasteiger partial charge in [0.25, 0.3) is 0 Å². The Labute approximate surface area is 101 Å². The molecule has 2 rings (SSSR count). The number of imidazole rings is 1. The minimum absolute atomic E-state index is 0.131. The van der Waals surface area contributed by atoms with Gasteiger partial charge in [-0.05, 0) is 32.0 Å².